The van der Waals surface area contributed by atoms with E-state index in [4.69, 9.17) is 4.74 Å². The topological polar surface area (TPSA) is 12.5 Å². The van der Waals surface area contributed by atoms with E-state index >= 15 is 0 Å². The van der Waals surface area contributed by atoms with Gasteiger partial charge in [0, 0.05) is 19.7 Å². The Morgan fingerprint density at radius 2 is 2.08 bits per heavy atom. The van der Waals surface area contributed by atoms with Gasteiger partial charge in [0.1, 0.15) is 0 Å². The maximum Gasteiger partial charge on any atom is 0.0702 e. The third kappa shape index (κ3) is 4.63. The maximum atomic E-state index is 5.60. The van der Waals surface area contributed by atoms with Gasteiger partial charge in [-0.2, -0.15) is 0 Å². The van der Waals surface area contributed by atoms with Gasteiger partial charge in [0.25, 0.3) is 0 Å². The maximum absolute atomic E-state index is 5.60. The SMILES string of the molecule is CN(C[C@H]1CCCO1)CC(C)(C)C. The van der Waals surface area contributed by atoms with Crippen molar-refractivity contribution in [3.63, 3.8) is 0 Å². The molecule has 0 amide bonds. The van der Waals surface area contributed by atoms with E-state index in [1.54, 1.807) is 0 Å². The third-order valence-electron chi connectivity index (χ3n) is 2.28. The lowest BCUT2D eigenvalue weighted by atomic mass is 9.96. The fraction of sp³-hybridized carbons (Fsp3) is 1.00. The number of likely N-dealkylation sites (N-methyl/N-ethyl adjacent to an activating group) is 1. The number of nitrogens with zero attached hydrogens (tertiary/aromatic N) is 1. The van der Waals surface area contributed by atoms with Crippen LogP contribution in [0.4, 0.5) is 0 Å². The molecule has 1 fully saturated rings. The largest absolute Gasteiger partial charge is 0.377 e. The monoisotopic (exact) mass is 185 g/mol. The van der Waals surface area contributed by atoms with Gasteiger partial charge in [-0.1, -0.05) is 20.8 Å². The lowest BCUT2D eigenvalue weighted by Crippen LogP contribution is -2.35. The zero-order chi connectivity index (χ0) is 9.90. The highest BCUT2D eigenvalue weighted by Gasteiger charge is 2.20. The third-order valence-corrected chi connectivity index (χ3v) is 2.28. The van der Waals surface area contributed by atoms with Crippen molar-refractivity contribution in [1.82, 2.24) is 4.90 Å². The average molecular weight is 185 g/mol. The van der Waals surface area contributed by atoms with Crippen LogP contribution in [0.5, 0.6) is 0 Å². The van der Waals surface area contributed by atoms with Crippen LogP contribution in [0, 0.1) is 5.41 Å². The first kappa shape index (κ1) is 11.0. The van der Waals surface area contributed by atoms with E-state index < -0.39 is 0 Å². The molecule has 0 aliphatic carbocycles. The second kappa shape index (κ2) is 4.43. The predicted octanol–water partition coefficient (Wildman–Crippen LogP) is 2.14. The van der Waals surface area contributed by atoms with Crippen molar-refractivity contribution in [3.05, 3.63) is 0 Å². The molecule has 0 saturated carbocycles. The van der Waals surface area contributed by atoms with Crippen molar-refractivity contribution in [2.45, 2.75) is 39.7 Å². The van der Waals surface area contributed by atoms with Gasteiger partial charge in [-0.05, 0) is 25.3 Å². The van der Waals surface area contributed by atoms with Crippen LogP contribution in [-0.2, 0) is 4.74 Å². The Balaban J connectivity index is 2.20. The van der Waals surface area contributed by atoms with Crippen LogP contribution in [-0.4, -0.2) is 37.7 Å². The van der Waals surface area contributed by atoms with Crippen LogP contribution in [0.2, 0.25) is 0 Å². The molecular formula is C11H23NO. The average Bonchev–Trinajstić information content (AvgIpc) is 2.34. The zero-order valence-electron chi connectivity index (χ0n) is 9.47. The summed E-state index contributed by atoms with van der Waals surface area (Å²) in [5.74, 6) is 0. The molecule has 0 spiro atoms. The van der Waals surface area contributed by atoms with Crippen LogP contribution < -0.4 is 0 Å². The summed E-state index contributed by atoms with van der Waals surface area (Å²) in [6.07, 6.45) is 2.98. The zero-order valence-corrected chi connectivity index (χ0v) is 9.47. The second-order valence-electron chi connectivity index (χ2n) is 5.39. The standard InChI is InChI=1S/C11H23NO/c1-11(2,3)9-12(4)8-10-6-5-7-13-10/h10H,5-9H2,1-4H3/t10-/m1/s1. The molecule has 0 bridgehead atoms. The molecule has 0 unspecified atom stereocenters. The van der Waals surface area contributed by atoms with E-state index in [0.29, 0.717) is 11.5 Å². The Kier molecular flexibility index (Phi) is 3.74. The van der Waals surface area contributed by atoms with E-state index in [9.17, 15) is 0 Å². The predicted molar refractivity (Wildman–Crippen MR) is 55.9 cm³/mol. The van der Waals surface area contributed by atoms with E-state index in [2.05, 4.69) is 32.7 Å². The molecule has 1 aliphatic rings. The highest BCUT2D eigenvalue weighted by Crippen LogP contribution is 2.17. The van der Waals surface area contributed by atoms with Crippen LogP contribution in [0.25, 0.3) is 0 Å². The first-order valence-corrected chi connectivity index (χ1v) is 5.27. The highest BCUT2D eigenvalue weighted by molar-refractivity contribution is 4.72. The lowest BCUT2D eigenvalue weighted by molar-refractivity contribution is 0.0716. The molecule has 2 heteroatoms. The number of hydrogen-bond acceptors (Lipinski definition) is 2. The minimum Gasteiger partial charge on any atom is -0.377 e. The van der Waals surface area contributed by atoms with Gasteiger partial charge in [0.15, 0.2) is 0 Å². The molecule has 2 nitrogen and oxygen atoms in total. The summed E-state index contributed by atoms with van der Waals surface area (Å²) in [4.78, 5) is 2.38. The fourth-order valence-electron chi connectivity index (χ4n) is 2.01. The van der Waals surface area contributed by atoms with Crippen LogP contribution in [0.1, 0.15) is 33.6 Å². The summed E-state index contributed by atoms with van der Waals surface area (Å²) >= 11 is 0. The van der Waals surface area contributed by atoms with E-state index in [1.807, 2.05) is 0 Å². The van der Waals surface area contributed by atoms with E-state index in [-0.39, 0.29) is 0 Å². The lowest BCUT2D eigenvalue weighted by Gasteiger charge is -2.28. The molecule has 0 radical (unpaired) electrons. The van der Waals surface area contributed by atoms with E-state index in [1.165, 1.54) is 12.8 Å². The molecule has 0 aromatic rings. The molecule has 0 N–H and O–H groups in total. The van der Waals surface area contributed by atoms with Crippen LogP contribution in [0.3, 0.4) is 0 Å². The summed E-state index contributed by atoms with van der Waals surface area (Å²) in [5.41, 5.74) is 0.396. The molecule has 1 heterocycles. The highest BCUT2D eigenvalue weighted by atomic mass is 16.5. The molecule has 78 valence electrons. The number of rotatable bonds is 3. The second-order valence-corrected chi connectivity index (χ2v) is 5.39. The first-order chi connectivity index (χ1) is 5.97. The Hall–Kier alpha value is -0.0800. The molecule has 1 rings (SSSR count). The summed E-state index contributed by atoms with van der Waals surface area (Å²) in [6, 6.07) is 0. The minimum absolute atomic E-state index is 0.396. The summed E-state index contributed by atoms with van der Waals surface area (Å²) in [6.45, 7) is 10.0. The van der Waals surface area contributed by atoms with Crippen molar-refractivity contribution in [1.29, 1.82) is 0 Å². The molecule has 0 aromatic heterocycles. The Labute approximate surface area is 82.3 Å². The Morgan fingerprint density at radius 1 is 1.38 bits per heavy atom. The van der Waals surface area contributed by atoms with Gasteiger partial charge in [-0.3, -0.25) is 0 Å². The number of hydrogen-bond donors (Lipinski definition) is 0. The van der Waals surface area contributed by atoms with Crippen molar-refractivity contribution in [2.75, 3.05) is 26.7 Å². The van der Waals surface area contributed by atoms with Crippen LogP contribution >= 0.6 is 0 Å². The van der Waals surface area contributed by atoms with Gasteiger partial charge in [0.2, 0.25) is 0 Å². The summed E-state index contributed by atoms with van der Waals surface area (Å²) in [7, 11) is 2.19. The van der Waals surface area contributed by atoms with Crippen LogP contribution in [0.15, 0.2) is 0 Å². The molecule has 1 atom stereocenters. The van der Waals surface area contributed by atoms with Gasteiger partial charge >= 0.3 is 0 Å². The molecule has 13 heavy (non-hydrogen) atoms. The molecular weight excluding hydrogens is 162 g/mol. The van der Waals surface area contributed by atoms with Crippen molar-refractivity contribution in [2.24, 2.45) is 5.41 Å². The molecule has 1 aliphatic heterocycles. The molecule has 1 saturated heterocycles. The van der Waals surface area contributed by atoms with E-state index in [0.717, 1.165) is 19.7 Å². The Bertz CT molecular complexity index is 145. The summed E-state index contributed by atoms with van der Waals surface area (Å²) < 4.78 is 5.60. The molecule has 0 aromatic carbocycles. The smallest absolute Gasteiger partial charge is 0.0702 e. The van der Waals surface area contributed by atoms with Crippen molar-refractivity contribution < 1.29 is 4.74 Å². The fourth-order valence-corrected chi connectivity index (χ4v) is 2.01. The van der Waals surface area contributed by atoms with Gasteiger partial charge in [-0.25, -0.2) is 0 Å². The first-order valence-electron chi connectivity index (χ1n) is 5.27. The quantitative estimate of drug-likeness (QED) is 0.668. The van der Waals surface area contributed by atoms with Gasteiger partial charge in [-0.15, -0.1) is 0 Å². The number of ether oxygens (including phenoxy) is 1. The minimum atomic E-state index is 0.396. The Morgan fingerprint density at radius 3 is 2.54 bits per heavy atom. The van der Waals surface area contributed by atoms with Gasteiger partial charge < -0.3 is 9.64 Å². The van der Waals surface area contributed by atoms with Crippen molar-refractivity contribution >= 4 is 0 Å². The normalized spacial score (nSPS) is 24.2. The summed E-state index contributed by atoms with van der Waals surface area (Å²) in [5, 5.41) is 0. The van der Waals surface area contributed by atoms with Gasteiger partial charge in [0.05, 0.1) is 6.10 Å². The van der Waals surface area contributed by atoms with Crippen molar-refractivity contribution in [3.8, 4) is 0 Å².